The van der Waals surface area contributed by atoms with Crippen molar-refractivity contribution in [2.75, 3.05) is 32.1 Å². The molecule has 2 aromatic carbocycles. The van der Waals surface area contributed by atoms with Crippen molar-refractivity contribution in [3.05, 3.63) is 53.7 Å². The lowest BCUT2D eigenvalue weighted by atomic mass is 10.1. The minimum absolute atomic E-state index is 0.0115. The zero-order valence-electron chi connectivity index (χ0n) is 16.6. The SMILES string of the molecule is COc1cc(O)c(-c2ccnn2-c2ccccc2Cl)cc1S(=O)(=O)N(CCO)CCBr. The van der Waals surface area contributed by atoms with E-state index in [1.807, 2.05) is 0 Å². The van der Waals surface area contributed by atoms with Gasteiger partial charge in [0.15, 0.2) is 0 Å². The van der Waals surface area contributed by atoms with Crippen molar-refractivity contribution >= 4 is 37.6 Å². The fourth-order valence-electron chi connectivity index (χ4n) is 3.14. The second-order valence-electron chi connectivity index (χ2n) is 6.42. The number of aliphatic hydroxyl groups excluding tert-OH is 1. The van der Waals surface area contributed by atoms with Gasteiger partial charge in [-0.1, -0.05) is 39.7 Å². The summed E-state index contributed by atoms with van der Waals surface area (Å²) in [4.78, 5) is -0.135. The van der Waals surface area contributed by atoms with Crippen LogP contribution in [0.5, 0.6) is 11.5 Å². The van der Waals surface area contributed by atoms with Gasteiger partial charge in [-0.05, 0) is 24.3 Å². The molecule has 0 fully saturated rings. The number of methoxy groups -OCH3 is 1. The Kier molecular flexibility index (Phi) is 7.60. The molecule has 0 saturated heterocycles. The van der Waals surface area contributed by atoms with Crippen LogP contribution in [0.3, 0.4) is 0 Å². The number of para-hydroxylation sites is 1. The molecule has 0 spiro atoms. The number of phenolic OH excluding ortho intramolecular Hbond substituents is 1. The van der Waals surface area contributed by atoms with Crippen LogP contribution in [0.25, 0.3) is 16.9 Å². The van der Waals surface area contributed by atoms with Gasteiger partial charge < -0.3 is 14.9 Å². The normalized spacial score (nSPS) is 11.8. The van der Waals surface area contributed by atoms with Crippen LogP contribution in [0.2, 0.25) is 5.02 Å². The van der Waals surface area contributed by atoms with E-state index < -0.39 is 10.0 Å². The Labute approximate surface area is 193 Å². The molecule has 11 heteroatoms. The average Bonchev–Trinajstić information content (AvgIpc) is 3.22. The Morgan fingerprint density at radius 3 is 2.61 bits per heavy atom. The summed E-state index contributed by atoms with van der Waals surface area (Å²) in [5.41, 5.74) is 1.25. The minimum Gasteiger partial charge on any atom is -0.507 e. The van der Waals surface area contributed by atoms with Crippen LogP contribution in [-0.2, 0) is 10.0 Å². The lowest BCUT2D eigenvalue weighted by Gasteiger charge is -2.22. The van der Waals surface area contributed by atoms with Gasteiger partial charge in [0.1, 0.15) is 16.4 Å². The lowest BCUT2D eigenvalue weighted by Crippen LogP contribution is -2.35. The molecule has 1 aromatic heterocycles. The maximum absolute atomic E-state index is 13.3. The first kappa shape index (κ1) is 23.6. The third-order valence-corrected chi connectivity index (χ3v) is 7.18. The molecule has 2 N–H and O–H groups in total. The van der Waals surface area contributed by atoms with Gasteiger partial charge >= 0.3 is 0 Å². The first-order chi connectivity index (χ1) is 14.8. The van der Waals surface area contributed by atoms with Gasteiger partial charge in [-0.15, -0.1) is 0 Å². The van der Waals surface area contributed by atoms with E-state index in [2.05, 4.69) is 21.0 Å². The zero-order valence-corrected chi connectivity index (χ0v) is 19.7. The molecule has 0 saturated carbocycles. The Balaban J connectivity index is 2.20. The third-order valence-electron chi connectivity index (χ3n) is 4.58. The van der Waals surface area contributed by atoms with Crippen molar-refractivity contribution in [2.24, 2.45) is 0 Å². The molecular weight excluding hydrogens is 510 g/mol. The molecule has 0 atom stereocenters. The number of hydrogen-bond acceptors (Lipinski definition) is 6. The number of nitrogens with zero attached hydrogens (tertiary/aromatic N) is 3. The van der Waals surface area contributed by atoms with E-state index in [9.17, 15) is 18.6 Å². The molecule has 0 aliphatic carbocycles. The summed E-state index contributed by atoms with van der Waals surface area (Å²) in [5, 5.41) is 25.1. The van der Waals surface area contributed by atoms with E-state index in [4.69, 9.17) is 16.3 Å². The second kappa shape index (κ2) is 10.0. The van der Waals surface area contributed by atoms with Gasteiger partial charge in [-0.25, -0.2) is 13.1 Å². The van der Waals surface area contributed by atoms with Crippen LogP contribution in [0.1, 0.15) is 0 Å². The van der Waals surface area contributed by atoms with E-state index in [-0.39, 0.29) is 41.7 Å². The molecule has 0 amide bonds. The number of phenols is 1. The van der Waals surface area contributed by atoms with E-state index in [1.54, 1.807) is 30.3 Å². The van der Waals surface area contributed by atoms with Crippen molar-refractivity contribution in [1.82, 2.24) is 14.1 Å². The number of ether oxygens (including phenoxy) is 1. The highest BCUT2D eigenvalue weighted by Gasteiger charge is 2.29. The van der Waals surface area contributed by atoms with E-state index in [0.717, 1.165) is 4.31 Å². The summed E-state index contributed by atoms with van der Waals surface area (Å²) in [6, 6.07) is 11.3. The second-order valence-corrected chi connectivity index (χ2v) is 9.52. The fourth-order valence-corrected chi connectivity index (χ4v) is 5.61. The molecule has 3 rings (SSSR count). The van der Waals surface area contributed by atoms with E-state index in [0.29, 0.717) is 21.7 Å². The summed E-state index contributed by atoms with van der Waals surface area (Å²) >= 11 is 9.54. The summed E-state index contributed by atoms with van der Waals surface area (Å²) in [6.07, 6.45) is 1.53. The molecular formula is C20H21BrClN3O5S. The van der Waals surface area contributed by atoms with Crippen LogP contribution in [0.15, 0.2) is 53.6 Å². The maximum atomic E-state index is 13.3. The topological polar surface area (TPSA) is 105 Å². The fraction of sp³-hybridized carbons (Fsp3) is 0.250. The van der Waals surface area contributed by atoms with Gasteiger partial charge in [-0.3, -0.25) is 0 Å². The minimum atomic E-state index is -4.03. The van der Waals surface area contributed by atoms with Gasteiger partial charge in [-0.2, -0.15) is 9.40 Å². The Morgan fingerprint density at radius 1 is 1.23 bits per heavy atom. The number of aromatic hydroxyl groups is 1. The van der Waals surface area contributed by atoms with E-state index >= 15 is 0 Å². The molecule has 8 nitrogen and oxygen atoms in total. The molecule has 0 aliphatic heterocycles. The van der Waals surface area contributed by atoms with Gasteiger partial charge in [0, 0.05) is 30.0 Å². The number of aromatic nitrogens is 2. The summed E-state index contributed by atoms with van der Waals surface area (Å²) < 4.78 is 34.6. The predicted molar refractivity (Wildman–Crippen MR) is 122 cm³/mol. The molecule has 0 unspecified atom stereocenters. The monoisotopic (exact) mass is 529 g/mol. The number of aliphatic hydroxyl groups is 1. The van der Waals surface area contributed by atoms with Gasteiger partial charge in [0.05, 0.1) is 36.3 Å². The highest BCUT2D eigenvalue weighted by molar-refractivity contribution is 9.09. The molecule has 31 heavy (non-hydrogen) atoms. The highest BCUT2D eigenvalue weighted by Crippen LogP contribution is 2.39. The van der Waals surface area contributed by atoms with Crippen LogP contribution in [-0.4, -0.2) is 64.9 Å². The lowest BCUT2D eigenvalue weighted by molar-refractivity contribution is 0.257. The zero-order chi connectivity index (χ0) is 22.6. The van der Waals surface area contributed by atoms with Crippen LogP contribution in [0.4, 0.5) is 0 Å². The third kappa shape index (κ3) is 4.73. The van der Waals surface area contributed by atoms with E-state index in [1.165, 1.54) is 30.1 Å². The number of benzene rings is 2. The maximum Gasteiger partial charge on any atom is 0.246 e. The van der Waals surface area contributed by atoms with Crippen molar-refractivity contribution in [1.29, 1.82) is 0 Å². The molecule has 0 aliphatic rings. The van der Waals surface area contributed by atoms with Crippen molar-refractivity contribution < 1.29 is 23.4 Å². The highest BCUT2D eigenvalue weighted by atomic mass is 79.9. The first-order valence-corrected chi connectivity index (χ1v) is 12.2. The number of halogens is 2. The van der Waals surface area contributed by atoms with Crippen molar-refractivity contribution in [3.63, 3.8) is 0 Å². The van der Waals surface area contributed by atoms with Crippen LogP contribution >= 0.6 is 27.5 Å². The molecule has 3 aromatic rings. The molecule has 0 bridgehead atoms. The summed E-state index contributed by atoms with van der Waals surface area (Å²) in [6.45, 7) is -0.260. The summed E-state index contributed by atoms with van der Waals surface area (Å²) in [5.74, 6) is -0.193. The number of hydrogen-bond donors (Lipinski definition) is 2. The summed E-state index contributed by atoms with van der Waals surface area (Å²) in [7, 11) is -2.71. The quantitative estimate of drug-likeness (QED) is 0.412. The van der Waals surface area contributed by atoms with Crippen LogP contribution < -0.4 is 4.74 Å². The Hall–Kier alpha value is -2.11. The van der Waals surface area contributed by atoms with Crippen LogP contribution in [0, 0.1) is 0 Å². The molecule has 1 heterocycles. The van der Waals surface area contributed by atoms with Crippen molar-refractivity contribution in [2.45, 2.75) is 4.90 Å². The standard InChI is InChI=1S/C20H21BrClN3O5S/c1-30-19-13-18(27)14(12-20(19)31(28,29)24(9-7-21)10-11-26)16-6-8-23-25(16)17-5-3-2-4-15(17)22/h2-6,8,12-13,26-27H,7,9-11H2,1H3. The van der Waals surface area contributed by atoms with Crippen molar-refractivity contribution in [3.8, 4) is 28.4 Å². The molecule has 0 radical (unpaired) electrons. The number of rotatable bonds is 9. The average molecular weight is 531 g/mol. The first-order valence-electron chi connectivity index (χ1n) is 9.22. The largest absolute Gasteiger partial charge is 0.507 e. The predicted octanol–water partition coefficient (Wildman–Crippen LogP) is 3.28. The Bertz CT molecular complexity index is 1160. The van der Waals surface area contributed by atoms with Gasteiger partial charge in [0.2, 0.25) is 10.0 Å². The Morgan fingerprint density at radius 2 is 1.97 bits per heavy atom. The number of alkyl halides is 1. The molecule has 166 valence electrons. The smallest absolute Gasteiger partial charge is 0.246 e. The number of sulfonamides is 1. The van der Waals surface area contributed by atoms with Gasteiger partial charge in [0.25, 0.3) is 0 Å².